The quantitative estimate of drug-likeness (QED) is 0.227. The summed E-state index contributed by atoms with van der Waals surface area (Å²) in [6.45, 7) is 4.55. The summed E-state index contributed by atoms with van der Waals surface area (Å²) in [6, 6.07) is 35.1. The van der Waals surface area contributed by atoms with E-state index in [2.05, 4.69) is 132 Å². The molecule has 4 aromatic carbocycles. The van der Waals surface area contributed by atoms with E-state index >= 15 is 0 Å². The fraction of sp³-hybridized carbons (Fsp3) is 0.125. The molecule has 0 atom stereocenters. The summed E-state index contributed by atoms with van der Waals surface area (Å²) in [5.74, 6) is 0.994. The van der Waals surface area contributed by atoms with E-state index in [0.717, 1.165) is 22.5 Å². The van der Waals surface area contributed by atoms with E-state index in [4.69, 9.17) is 4.42 Å². The van der Waals surface area contributed by atoms with Crippen LogP contribution < -0.4 is 4.90 Å². The summed E-state index contributed by atoms with van der Waals surface area (Å²) < 4.78 is 7.07. The zero-order valence-electron chi connectivity index (χ0n) is 19.7. The van der Waals surface area contributed by atoms with Gasteiger partial charge in [0, 0.05) is 18.2 Å². The Kier molecular flexibility index (Phi) is 4.43. The molecule has 2 nitrogen and oxygen atoms in total. The van der Waals surface area contributed by atoms with Crippen LogP contribution in [0.4, 0.5) is 17.1 Å². The highest BCUT2D eigenvalue weighted by molar-refractivity contribution is 9.10. The van der Waals surface area contributed by atoms with Crippen LogP contribution in [0.15, 0.2) is 106 Å². The van der Waals surface area contributed by atoms with E-state index in [1.54, 1.807) is 0 Å². The highest BCUT2D eigenvalue weighted by atomic mass is 79.9. The van der Waals surface area contributed by atoms with Crippen molar-refractivity contribution >= 4 is 33.0 Å². The van der Waals surface area contributed by atoms with E-state index < -0.39 is 0 Å². The second-order valence-electron chi connectivity index (χ2n) is 10.0. The van der Waals surface area contributed by atoms with Crippen molar-refractivity contribution in [2.24, 2.45) is 0 Å². The molecule has 3 heterocycles. The zero-order chi connectivity index (χ0) is 23.7. The number of nitrogens with zero attached hydrogens (tertiary/aromatic N) is 1. The minimum absolute atomic E-state index is 0.256. The first kappa shape index (κ1) is 20.8. The molecule has 0 radical (unpaired) electrons. The van der Waals surface area contributed by atoms with Gasteiger partial charge in [0.1, 0.15) is 5.76 Å². The van der Waals surface area contributed by atoms with Gasteiger partial charge in [0.25, 0.3) is 0 Å². The molecule has 2 aliphatic rings. The first-order chi connectivity index (χ1) is 17.0. The molecule has 0 N–H and O–H groups in total. The SMILES string of the molecule is CC1(C)c2cc(-c3ccccc3)cc3c2N(c2ccc(-c4ccccc4)cc2C3)c2cc(Br)oc21. The average molecular weight is 518 g/mol. The van der Waals surface area contributed by atoms with Gasteiger partial charge in [-0.15, -0.1) is 0 Å². The van der Waals surface area contributed by atoms with E-state index in [1.807, 2.05) is 0 Å². The van der Waals surface area contributed by atoms with Crippen molar-refractivity contribution < 1.29 is 4.42 Å². The molecule has 3 heteroatoms. The molecule has 7 rings (SSSR count). The Balaban J connectivity index is 1.50. The highest BCUT2D eigenvalue weighted by Gasteiger charge is 2.43. The molecule has 0 saturated carbocycles. The molecule has 2 aliphatic heterocycles. The van der Waals surface area contributed by atoms with Gasteiger partial charge in [-0.25, -0.2) is 0 Å². The molecular formula is C32H24BrNO. The van der Waals surface area contributed by atoms with Crippen molar-refractivity contribution in [2.45, 2.75) is 25.7 Å². The Bertz CT molecular complexity index is 1600. The molecule has 0 fully saturated rings. The molecule has 1 aromatic heterocycles. The fourth-order valence-electron chi connectivity index (χ4n) is 5.79. The summed E-state index contributed by atoms with van der Waals surface area (Å²) in [5.41, 5.74) is 12.4. The third-order valence-electron chi connectivity index (χ3n) is 7.49. The lowest BCUT2D eigenvalue weighted by Gasteiger charge is -2.43. The number of halogens is 1. The van der Waals surface area contributed by atoms with Crippen molar-refractivity contribution in [3.05, 3.63) is 124 Å². The Morgan fingerprint density at radius 1 is 0.686 bits per heavy atom. The predicted octanol–water partition coefficient (Wildman–Crippen LogP) is 9.39. The normalized spacial score (nSPS) is 14.8. The molecule has 0 aliphatic carbocycles. The molecular weight excluding hydrogens is 494 g/mol. The van der Waals surface area contributed by atoms with E-state index in [9.17, 15) is 0 Å². The first-order valence-corrected chi connectivity index (χ1v) is 12.8. The largest absolute Gasteiger partial charge is 0.451 e. The van der Waals surface area contributed by atoms with Crippen LogP contribution in [0.1, 0.15) is 36.3 Å². The Hall–Kier alpha value is -3.56. The van der Waals surface area contributed by atoms with Crippen molar-refractivity contribution in [1.29, 1.82) is 0 Å². The van der Waals surface area contributed by atoms with E-state index in [0.29, 0.717) is 0 Å². The maximum absolute atomic E-state index is 6.30. The smallest absolute Gasteiger partial charge is 0.171 e. The van der Waals surface area contributed by atoms with Gasteiger partial charge in [0.2, 0.25) is 0 Å². The summed E-state index contributed by atoms with van der Waals surface area (Å²) in [6.07, 6.45) is 0.903. The Morgan fingerprint density at radius 3 is 2.06 bits per heavy atom. The Labute approximate surface area is 214 Å². The predicted molar refractivity (Wildman–Crippen MR) is 147 cm³/mol. The summed E-state index contributed by atoms with van der Waals surface area (Å²) in [7, 11) is 0. The number of rotatable bonds is 2. The molecule has 5 aromatic rings. The summed E-state index contributed by atoms with van der Waals surface area (Å²) >= 11 is 3.62. The Morgan fingerprint density at radius 2 is 1.34 bits per heavy atom. The van der Waals surface area contributed by atoms with Crippen LogP contribution in [-0.4, -0.2) is 0 Å². The van der Waals surface area contributed by atoms with Gasteiger partial charge in [0.05, 0.1) is 16.8 Å². The second kappa shape index (κ2) is 7.47. The van der Waals surface area contributed by atoms with Gasteiger partial charge in [-0.3, -0.25) is 0 Å². The zero-order valence-corrected chi connectivity index (χ0v) is 21.3. The first-order valence-electron chi connectivity index (χ1n) is 12.0. The van der Waals surface area contributed by atoms with E-state index in [-0.39, 0.29) is 5.41 Å². The molecule has 0 bridgehead atoms. The minimum atomic E-state index is -0.256. The van der Waals surface area contributed by atoms with E-state index in [1.165, 1.54) is 50.3 Å². The lowest BCUT2D eigenvalue weighted by Crippen LogP contribution is -2.32. The van der Waals surface area contributed by atoms with Gasteiger partial charge in [0.15, 0.2) is 4.67 Å². The molecule has 170 valence electrons. The van der Waals surface area contributed by atoms with Gasteiger partial charge in [-0.2, -0.15) is 0 Å². The molecule has 0 unspecified atom stereocenters. The average Bonchev–Trinajstić information content (AvgIpc) is 3.29. The number of anilines is 3. The number of furan rings is 1. The molecule has 0 amide bonds. The third-order valence-corrected chi connectivity index (χ3v) is 7.88. The lowest BCUT2D eigenvalue weighted by atomic mass is 9.73. The molecule has 0 saturated heterocycles. The molecule has 35 heavy (non-hydrogen) atoms. The second-order valence-corrected chi connectivity index (χ2v) is 10.8. The summed E-state index contributed by atoms with van der Waals surface area (Å²) in [5, 5.41) is 0. The van der Waals surface area contributed by atoms with Crippen molar-refractivity contribution in [3.8, 4) is 22.3 Å². The van der Waals surface area contributed by atoms with Crippen LogP contribution in [0.3, 0.4) is 0 Å². The van der Waals surface area contributed by atoms with Gasteiger partial charge in [-0.05, 0) is 93.0 Å². The van der Waals surface area contributed by atoms with Gasteiger partial charge in [-0.1, -0.05) is 66.7 Å². The van der Waals surface area contributed by atoms with Gasteiger partial charge < -0.3 is 9.32 Å². The van der Waals surface area contributed by atoms with Gasteiger partial charge >= 0.3 is 0 Å². The van der Waals surface area contributed by atoms with Crippen LogP contribution in [0.2, 0.25) is 0 Å². The number of hydrogen-bond acceptors (Lipinski definition) is 2. The van der Waals surface area contributed by atoms with Crippen LogP contribution in [0.25, 0.3) is 22.3 Å². The number of benzene rings is 4. The highest BCUT2D eigenvalue weighted by Crippen LogP contribution is 2.58. The van der Waals surface area contributed by atoms with Crippen LogP contribution in [-0.2, 0) is 11.8 Å². The third kappa shape index (κ3) is 3.08. The van der Waals surface area contributed by atoms with Crippen LogP contribution in [0, 0.1) is 0 Å². The lowest BCUT2D eigenvalue weighted by molar-refractivity contribution is 0.413. The fourth-order valence-corrected chi connectivity index (χ4v) is 6.17. The topological polar surface area (TPSA) is 16.4 Å². The standard InChI is InChI=1S/C32H24BrNO/c1-32(2)26-18-23(21-11-7-4-8-12-21)16-25-17-24-15-22(20-9-5-3-6-10-20)13-14-27(24)34(30(25)26)28-19-29(33)35-31(28)32/h3-16,18-19H,17H2,1-2H3. The summed E-state index contributed by atoms with van der Waals surface area (Å²) in [4.78, 5) is 2.42. The van der Waals surface area contributed by atoms with Crippen molar-refractivity contribution in [1.82, 2.24) is 0 Å². The van der Waals surface area contributed by atoms with Crippen molar-refractivity contribution in [2.75, 3.05) is 4.90 Å². The van der Waals surface area contributed by atoms with Crippen molar-refractivity contribution in [3.63, 3.8) is 0 Å². The monoisotopic (exact) mass is 517 g/mol. The maximum atomic E-state index is 6.30. The van der Waals surface area contributed by atoms with Crippen LogP contribution in [0.5, 0.6) is 0 Å². The van der Waals surface area contributed by atoms with Crippen LogP contribution >= 0.6 is 15.9 Å². The minimum Gasteiger partial charge on any atom is -0.451 e. The maximum Gasteiger partial charge on any atom is 0.171 e. The molecule has 0 spiro atoms. The number of hydrogen-bond donors (Lipinski definition) is 0. The number of fused-ring (bicyclic) bond motifs is 4.